The summed E-state index contributed by atoms with van der Waals surface area (Å²) in [5, 5.41) is 5.10. The van der Waals surface area contributed by atoms with Gasteiger partial charge in [-0.3, -0.25) is 38.8 Å². The van der Waals surface area contributed by atoms with Crippen LogP contribution in [0.5, 0.6) is 34.5 Å². The molecule has 7 aromatic carbocycles. The Labute approximate surface area is 533 Å². The fourth-order valence-electron chi connectivity index (χ4n) is 12.9. The van der Waals surface area contributed by atoms with Gasteiger partial charge in [-0.05, 0) is 122 Å². The number of hydrogen-bond acceptors (Lipinski definition) is 16. The molecular weight excluding hydrogens is 1180 g/mol. The number of ether oxygens (including phenoxy) is 6. The van der Waals surface area contributed by atoms with Gasteiger partial charge in [0.05, 0.1) is 88.4 Å². The molecule has 4 amide bonds. The molecule has 0 saturated carbocycles. The normalized spacial score (nSPS) is 16.5. The molecule has 4 aliphatic heterocycles. The first kappa shape index (κ1) is 65.0. The van der Waals surface area contributed by atoms with Crippen molar-refractivity contribution in [2.24, 2.45) is 5.14 Å². The summed E-state index contributed by atoms with van der Waals surface area (Å²) >= 11 is 0. The second-order valence-electron chi connectivity index (χ2n) is 22.8. The van der Waals surface area contributed by atoms with Crippen molar-refractivity contribution in [3.63, 3.8) is 0 Å². The van der Waals surface area contributed by atoms with Crippen molar-refractivity contribution in [1.82, 2.24) is 24.3 Å². The maximum atomic E-state index is 14.5. The third-order valence-corrected chi connectivity index (χ3v) is 18.5. The lowest BCUT2D eigenvalue weighted by Crippen LogP contribution is -2.47. The Bertz CT molecular complexity index is 3860. The molecule has 4 atom stereocenters. The minimum Gasteiger partial charge on any atom is -0.493 e. The lowest BCUT2D eigenvalue weighted by atomic mass is 9.96. The fraction of sp³-hybridized carbons (Fsp3) is 0.343. The number of nitrogens with zero attached hydrogens (tertiary/aromatic N) is 6. The van der Waals surface area contributed by atoms with Crippen LogP contribution in [0.15, 0.2) is 152 Å². The molecule has 2 unspecified atom stereocenters. The minimum atomic E-state index is -3.88. The Hall–Kier alpha value is -8.99. The zero-order valence-electron chi connectivity index (χ0n) is 52.8. The van der Waals surface area contributed by atoms with Crippen LogP contribution in [-0.4, -0.2) is 153 Å². The predicted octanol–water partition coefficient (Wildman–Crippen LogP) is 9.68. The largest absolute Gasteiger partial charge is 0.493 e. The number of anilines is 2. The summed E-state index contributed by atoms with van der Waals surface area (Å²) in [5.41, 5.74) is 8.02. The average Bonchev–Trinajstić information content (AvgIpc) is 1.63. The molecular formula is C70H80N8O12S. The zero-order valence-corrected chi connectivity index (χ0v) is 53.6. The van der Waals surface area contributed by atoms with Crippen molar-refractivity contribution in [3.8, 4) is 34.5 Å². The highest BCUT2D eigenvalue weighted by Crippen LogP contribution is 2.44. The molecule has 91 heavy (non-hydrogen) atoms. The van der Waals surface area contributed by atoms with E-state index in [1.165, 1.54) is 35.1 Å². The third kappa shape index (κ3) is 14.0. The van der Waals surface area contributed by atoms with Crippen molar-refractivity contribution in [1.29, 1.82) is 0 Å². The number of imide groups is 2. The predicted molar refractivity (Wildman–Crippen MR) is 349 cm³/mol. The number of carbonyl (C=O) groups excluding carboxylic acids is 4. The Morgan fingerprint density at radius 1 is 0.440 bits per heavy atom. The highest BCUT2D eigenvalue weighted by atomic mass is 32.2. The van der Waals surface area contributed by atoms with Gasteiger partial charge in [-0.2, -0.15) is 8.42 Å². The van der Waals surface area contributed by atoms with E-state index < -0.39 is 22.3 Å². The first-order valence-corrected chi connectivity index (χ1v) is 32.1. The smallest absolute Gasteiger partial charge is 0.274 e. The summed E-state index contributed by atoms with van der Waals surface area (Å²) in [5.74, 6) is 1.83. The van der Waals surface area contributed by atoms with Crippen LogP contribution in [0.4, 0.5) is 11.4 Å². The van der Waals surface area contributed by atoms with Gasteiger partial charge in [0.15, 0.2) is 34.5 Å². The van der Waals surface area contributed by atoms with Gasteiger partial charge in [0, 0.05) is 71.0 Å². The second-order valence-corrected chi connectivity index (χ2v) is 24.2. The van der Waals surface area contributed by atoms with E-state index in [1.807, 2.05) is 66.7 Å². The van der Waals surface area contributed by atoms with E-state index in [9.17, 15) is 27.6 Å². The first-order valence-electron chi connectivity index (χ1n) is 30.5. The highest BCUT2D eigenvalue weighted by Gasteiger charge is 2.45. The van der Waals surface area contributed by atoms with Crippen LogP contribution in [0.3, 0.4) is 0 Å². The van der Waals surface area contributed by atoms with E-state index in [4.69, 9.17) is 33.6 Å². The van der Waals surface area contributed by atoms with Crippen LogP contribution in [0.1, 0.15) is 120 Å². The number of carbonyl (C=O) groups is 4. The van der Waals surface area contributed by atoms with Crippen LogP contribution in [-0.2, 0) is 16.6 Å². The molecule has 0 aliphatic carbocycles. The van der Waals surface area contributed by atoms with E-state index in [0.717, 1.165) is 61.8 Å². The number of nitrogens with one attached hydrogen (secondary N) is 1. The molecule has 0 aromatic heterocycles. The summed E-state index contributed by atoms with van der Waals surface area (Å²) in [7, 11) is 5.48. The van der Waals surface area contributed by atoms with Gasteiger partial charge in [-0.1, -0.05) is 91.0 Å². The van der Waals surface area contributed by atoms with Gasteiger partial charge >= 0.3 is 0 Å². The summed E-state index contributed by atoms with van der Waals surface area (Å²) in [6.45, 7) is 10.8. The van der Waals surface area contributed by atoms with Crippen molar-refractivity contribution in [2.45, 2.75) is 57.3 Å². The number of fused-ring (bicyclic) bond motifs is 2. The van der Waals surface area contributed by atoms with Crippen LogP contribution in [0.2, 0.25) is 0 Å². The summed E-state index contributed by atoms with van der Waals surface area (Å²) in [6.07, 6.45) is 0.985. The number of nitrogens with two attached hydrogens (primary N) is 1. The zero-order chi connectivity index (χ0) is 64.5. The summed E-state index contributed by atoms with van der Waals surface area (Å²) < 4.78 is 58.1. The first-order chi connectivity index (χ1) is 44.0. The van der Waals surface area contributed by atoms with Gasteiger partial charge < -0.3 is 38.2 Å². The number of amides is 4. The maximum absolute atomic E-state index is 14.5. The molecule has 21 heteroatoms. The SMILES string of the molecule is COc1ccc(C(CCCNS(N)(=O)=O)N2C(=O)c3cccc(N4CCN([C@H](C)c5ccccc5)CC4)c3C2=O)cc1OC.COc1ccc(CC(c2ccc(OC)c(OC)c2)N2C(=O)c3cccc(N4CCN([C@H](C)c5ccccc5)CC4)c3C2=O)cc1OC. The van der Waals surface area contributed by atoms with Crippen LogP contribution >= 0.6 is 0 Å². The molecule has 478 valence electrons. The molecule has 4 aliphatic rings. The van der Waals surface area contributed by atoms with E-state index in [1.54, 1.807) is 64.8 Å². The molecule has 3 N–H and O–H groups in total. The monoisotopic (exact) mass is 1260 g/mol. The summed E-state index contributed by atoms with van der Waals surface area (Å²) in [4.78, 5) is 68.8. The standard InChI is InChI=1S/C38H41N3O6.C32H39N5O6S/c1-25(27-10-7-6-8-11-27)39-18-20-40(21-19-39)30-13-9-12-29-36(30)38(43)41(37(29)42)31(28-15-17-33(45-3)35(24-28)47-5)22-26-14-16-32(44-2)34(23-26)46-4;1-22(23-9-5-4-6-10-23)35-17-19-36(20-18-35)27-12-7-11-25-30(27)32(39)37(31(25)38)26(13-8-16-34-44(33,40)41)24-14-15-28(42-2)29(21-24)43-3/h6-17,23-25,31H,18-22H2,1-5H3;4-7,9-12,14-15,21-22,26,34H,8,13,16-20H2,1-3H3,(H2,33,40,41)/t25-,31?;22-,26?/m11/s1. The minimum absolute atomic E-state index is 0.0583. The molecule has 7 aromatic rings. The quantitative estimate of drug-likeness (QED) is 0.0450. The van der Waals surface area contributed by atoms with Gasteiger partial charge in [0.1, 0.15) is 0 Å². The van der Waals surface area contributed by atoms with Crippen LogP contribution in [0.25, 0.3) is 0 Å². The van der Waals surface area contributed by atoms with Crippen molar-refractivity contribution in [2.75, 3.05) is 111 Å². The van der Waals surface area contributed by atoms with Crippen LogP contribution in [0, 0.1) is 0 Å². The van der Waals surface area contributed by atoms with E-state index in [2.05, 4.69) is 86.7 Å². The number of methoxy groups -OCH3 is 6. The third-order valence-electron chi connectivity index (χ3n) is 17.9. The van der Waals surface area contributed by atoms with Gasteiger partial charge in [-0.25, -0.2) is 9.86 Å². The van der Waals surface area contributed by atoms with Crippen molar-refractivity contribution < 1.29 is 56.0 Å². The van der Waals surface area contributed by atoms with Crippen molar-refractivity contribution >= 4 is 45.2 Å². The highest BCUT2D eigenvalue weighted by molar-refractivity contribution is 7.87. The summed E-state index contributed by atoms with van der Waals surface area (Å²) in [6, 6.07) is 47.6. The Kier molecular flexibility index (Phi) is 20.6. The maximum Gasteiger partial charge on any atom is 0.274 e. The van der Waals surface area contributed by atoms with Crippen LogP contribution < -0.4 is 48.1 Å². The Morgan fingerprint density at radius 3 is 1.25 bits per heavy atom. The van der Waals surface area contributed by atoms with Crippen molar-refractivity contribution in [3.05, 3.63) is 202 Å². The molecule has 0 bridgehead atoms. The second kappa shape index (κ2) is 28.9. The van der Waals surface area contributed by atoms with E-state index in [-0.39, 0.29) is 42.3 Å². The molecule has 20 nitrogen and oxygen atoms in total. The lowest BCUT2D eigenvalue weighted by molar-refractivity contribution is 0.0560. The van der Waals surface area contributed by atoms with Gasteiger partial charge in [0.25, 0.3) is 33.8 Å². The molecule has 2 saturated heterocycles. The molecule has 0 radical (unpaired) electrons. The Balaban J connectivity index is 0.000000200. The van der Waals surface area contributed by atoms with Gasteiger partial charge in [0.2, 0.25) is 0 Å². The number of piperazine rings is 2. The number of rotatable bonds is 23. The molecule has 4 heterocycles. The fourth-order valence-corrected chi connectivity index (χ4v) is 13.3. The van der Waals surface area contributed by atoms with E-state index in [0.29, 0.717) is 94.7 Å². The van der Waals surface area contributed by atoms with Gasteiger partial charge in [-0.15, -0.1) is 0 Å². The average molecular weight is 1260 g/mol. The molecule has 0 spiro atoms. The number of hydrogen-bond donors (Lipinski definition) is 2. The molecule has 11 rings (SSSR count). The lowest BCUT2D eigenvalue weighted by Gasteiger charge is -2.39. The number of benzene rings is 7. The topological polar surface area (TPSA) is 215 Å². The Morgan fingerprint density at radius 2 is 0.835 bits per heavy atom. The van der Waals surface area contributed by atoms with E-state index >= 15 is 0 Å². The molecule has 2 fully saturated rings.